The zero-order valence-electron chi connectivity index (χ0n) is 13.3. The van der Waals surface area contributed by atoms with Crippen molar-refractivity contribution >= 4 is 18.2 Å². The molecule has 1 aromatic rings. The zero-order valence-corrected chi connectivity index (χ0v) is 13.3. The van der Waals surface area contributed by atoms with Crippen LogP contribution >= 0.6 is 0 Å². The van der Waals surface area contributed by atoms with Gasteiger partial charge in [-0.05, 0) is 36.0 Å². The summed E-state index contributed by atoms with van der Waals surface area (Å²) < 4.78 is 0. The van der Waals surface area contributed by atoms with Gasteiger partial charge in [-0.1, -0.05) is 31.5 Å². The van der Waals surface area contributed by atoms with Gasteiger partial charge in [-0.15, -0.1) is 0 Å². The van der Waals surface area contributed by atoms with Gasteiger partial charge in [0.1, 0.15) is 6.29 Å². The summed E-state index contributed by atoms with van der Waals surface area (Å²) in [5, 5.41) is 18.5. The van der Waals surface area contributed by atoms with Crippen LogP contribution in [0.2, 0.25) is 0 Å². The van der Waals surface area contributed by atoms with Crippen molar-refractivity contribution in [2.45, 2.75) is 51.9 Å². The molecule has 1 rings (SSSR count). The van der Waals surface area contributed by atoms with Gasteiger partial charge < -0.3 is 15.0 Å². The molecule has 120 valence electrons. The molecule has 0 aliphatic rings. The standard InChI is InChI=1S/C17H22O5/c1-10-7-11(2)15(17(3,4)5-6-18)12(8-10)13(16(21)22)9-14(19)20/h6-8,13H,5,9H2,1-4H3,(H,19,20)(H,21,22). The number of aryl methyl sites for hydroxylation is 2. The van der Waals surface area contributed by atoms with E-state index in [9.17, 15) is 19.5 Å². The van der Waals surface area contributed by atoms with Gasteiger partial charge in [0.2, 0.25) is 0 Å². The lowest BCUT2D eigenvalue weighted by Gasteiger charge is -2.30. The lowest BCUT2D eigenvalue weighted by atomic mass is 9.73. The first-order chi connectivity index (χ1) is 10.1. The van der Waals surface area contributed by atoms with Crippen molar-refractivity contribution in [3.05, 3.63) is 34.4 Å². The predicted molar refractivity (Wildman–Crippen MR) is 82.3 cm³/mol. The van der Waals surface area contributed by atoms with E-state index in [1.165, 1.54) is 0 Å². The fraction of sp³-hybridized carbons (Fsp3) is 0.471. The SMILES string of the molecule is Cc1cc(C)c(C(C)(C)CC=O)c(C(CC(=O)O)C(=O)O)c1. The van der Waals surface area contributed by atoms with Crippen LogP contribution in [0.3, 0.4) is 0 Å². The molecule has 0 amide bonds. The first-order valence-electron chi connectivity index (χ1n) is 7.10. The zero-order chi connectivity index (χ0) is 17.1. The van der Waals surface area contributed by atoms with Crippen LogP contribution in [0.1, 0.15) is 54.9 Å². The Morgan fingerprint density at radius 1 is 1.23 bits per heavy atom. The van der Waals surface area contributed by atoms with Crippen molar-refractivity contribution in [1.82, 2.24) is 0 Å². The Labute approximate surface area is 130 Å². The minimum Gasteiger partial charge on any atom is -0.481 e. The van der Waals surface area contributed by atoms with Gasteiger partial charge in [0.05, 0.1) is 12.3 Å². The Morgan fingerprint density at radius 2 is 1.82 bits per heavy atom. The van der Waals surface area contributed by atoms with Crippen LogP contribution in [-0.2, 0) is 19.8 Å². The van der Waals surface area contributed by atoms with E-state index >= 15 is 0 Å². The van der Waals surface area contributed by atoms with E-state index in [0.29, 0.717) is 5.56 Å². The number of aliphatic carboxylic acids is 2. The number of aldehydes is 1. The van der Waals surface area contributed by atoms with Crippen LogP contribution in [0, 0.1) is 13.8 Å². The minimum absolute atomic E-state index is 0.239. The molecule has 0 aliphatic carbocycles. The summed E-state index contributed by atoms with van der Waals surface area (Å²) >= 11 is 0. The Bertz CT molecular complexity index is 601. The highest BCUT2D eigenvalue weighted by molar-refractivity contribution is 5.83. The van der Waals surface area contributed by atoms with Crippen LogP contribution in [0.4, 0.5) is 0 Å². The fourth-order valence-corrected chi connectivity index (χ4v) is 3.02. The summed E-state index contributed by atoms with van der Waals surface area (Å²) in [6.45, 7) is 7.43. The van der Waals surface area contributed by atoms with Gasteiger partial charge in [-0.25, -0.2) is 0 Å². The van der Waals surface area contributed by atoms with Crippen molar-refractivity contribution in [3.63, 3.8) is 0 Å². The molecular weight excluding hydrogens is 284 g/mol. The number of benzene rings is 1. The molecule has 0 saturated heterocycles. The molecule has 5 nitrogen and oxygen atoms in total. The number of hydrogen-bond donors (Lipinski definition) is 2. The maximum absolute atomic E-state index is 11.6. The Balaban J connectivity index is 3.59. The topological polar surface area (TPSA) is 91.7 Å². The Kier molecular flexibility index (Phi) is 5.47. The molecule has 0 aromatic heterocycles. The van der Waals surface area contributed by atoms with E-state index in [4.69, 9.17) is 5.11 Å². The molecule has 5 heteroatoms. The maximum atomic E-state index is 11.6. The first kappa shape index (κ1) is 17.9. The summed E-state index contributed by atoms with van der Waals surface area (Å²) in [5.41, 5.74) is 2.42. The average Bonchev–Trinajstić information content (AvgIpc) is 2.33. The quantitative estimate of drug-likeness (QED) is 0.756. The molecule has 1 aromatic carbocycles. The molecule has 0 fully saturated rings. The van der Waals surface area contributed by atoms with E-state index in [1.807, 2.05) is 33.8 Å². The number of hydrogen-bond acceptors (Lipinski definition) is 3. The molecule has 0 radical (unpaired) electrons. The summed E-state index contributed by atoms with van der Waals surface area (Å²) in [6, 6.07) is 3.64. The van der Waals surface area contributed by atoms with Gasteiger partial charge in [0.25, 0.3) is 0 Å². The van der Waals surface area contributed by atoms with E-state index < -0.39 is 29.7 Å². The highest BCUT2D eigenvalue weighted by atomic mass is 16.4. The monoisotopic (exact) mass is 306 g/mol. The van der Waals surface area contributed by atoms with Gasteiger partial charge in [-0.3, -0.25) is 9.59 Å². The number of carbonyl (C=O) groups is 3. The van der Waals surface area contributed by atoms with Crippen molar-refractivity contribution in [2.24, 2.45) is 0 Å². The fourth-order valence-electron chi connectivity index (χ4n) is 3.02. The molecule has 22 heavy (non-hydrogen) atoms. The smallest absolute Gasteiger partial charge is 0.311 e. The van der Waals surface area contributed by atoms with Crippen molar-refractivity contribution < 1.29 is 24.6 Å². The molecule has 1 atom stereocenters. The lowest BCUT2D eigenvalue weighted by molar-refractivity contribution is -0.145. The first-order valence-corrected chi connectivity index (χ1v) is 7.10. The molecule has 0 heterocycles. The second-order valence-corrected chi connectivity index (χ2v) is 6.29. The molecule has 0 aliphatic heterocycles. The number of rotatable bonds is 7. The van der Waals surface area contributed by atoms with Crippen LogP contribution < -0.4 is 0 Å². The van der Waals surface area contributed by atoms with Crippen LogP contribution in [0.15, 0.2) is 12.1 Å². The molecule has 0 spiro atoms. The second-order valence-electron chi connectivity index (χ2n) is 6.29. The molecule has 2 N–H and O–H groups in total. The van der Waals surface area contributed by atoms with Crippen molar-refractivity contribution in [1.29, 1.82) is 0 Å². The van der Waals surface area contributed by atoms with Crippen LogP contribution in [0.25, 0.3) is 0 Å². The molecule has 0 saturated carbocycles. The maximum Gasteiger partial charge on any atom is 0.311 e. The predicted octanol–water partition coefficient (Wildman–Crippen LogP) is 2.81. The molecule has 1 unspecified atom stereocenters. The van der Waals surface area contributed by atoms with E-state index in [1.54, 1.807) is 6.07 Å². The normalized spacial score (nSPS) is 12.7. The summed E-state index contributed by atoms with van der Waals surface area (Å²) in [4.78, 5) is 33.5. The van der Waals surface area contributed by atoms with E-state index in [0.717, 1.165) is 23.0 Å². The summed E-state index contributed by atoms with van der Waals surface area (Å²) in [6.07, 6.45) is 0.557. The minimum atomic E-state index is -1.17. The second kappa shape index (κ2) is 6.73. The van der Waals surface area contributed by atoms with Crippen LogP contribution in [-0.4, -0.2) is 28.4 Å². The van der Waals surface area contributed by atoms with Gasteiger partial charge in [0.15, 0.2) is 0 Å². The van der Waals surface area contributed by atoms with Gasteiger partial charge in [-0.2, -0.15) is 0 Å². The van der Waals surface area contributed by atoms with E-state index in [-0.39, 0.29) is 6.42 Å². The molecule has 0 bridgehead atoms. The van der Waals surface area contributed by atoms with Crippen LogP contribution in [0.5, 0.6) is 0 Å². The lowest BCUT2D eigenvalue weighted by Crippen LogP contribution is -2.26. The highest BCUT2D eigenvalue weighted by Gasteiger charge is 2.32. The number of carboxylic acid groups (broad SMARTS) is 2. The third kappa shape index (κ3) is 3.93. The number of carbonyl (C=O) groups excluding carboxylic acids is 1. The molecular formula is C17H22O5. The summed E-state index contributed by atoms with van der Waals surface area (Å²) in [5.74, 6) is -3.46. The third-order valence-electron chi connectivity index (χ3n) is 3.83. The number of carboxylic acids is 2. The largest absolute Gasteiger partial charge is 0.481 e. The summed E-state index contributed by atoms with van der Waals surface area (Å²) in [7, 11) is 0. The van der Waals surface area contributed by atoms with E-state index in [2.05, 4.69) is 0 Å². The van der Waals surface area contributed by atoms with Crippen molar-refractivity contribution in [2.75, 3.05) is 0 Å². The Morgan fingerprint density at radius 3 is 2.27 bits per heavy atom. The Hall–Kier alpha value is -2.17. The van der Waals surface area contributed by atoms with Crippen molar-refractivity contribution in [3.8, 4) is 0 Å². The average molecular weight is 306 g/mol. The van der Waals surface area contributed by atoms with Gasteiger partial charge >= 0.3 is 11.9 Å². The van der Waals surface area contributed by atoms with Gasteiger partial charge in [0, 0.05) is 6.42 Å². The third-order valence-corrected chi connectivity index (χ3v) is 3.83. The highest BCUT2D eigenvalue weighted by Crippen LogP contribution is 2.37.